The molecule has 5 heteroatoms. The maximum atomic E-state index is 12.5. The van der Waals surface area contributed by atoms with E-state index in [-0.39, 0.29) is 24.5 Å². The first-order valence-corrected chi connectivity index (χ1v) is 8.80. The highest BCUT2D eigenvalue weighted by Crippen LogP contribution is 2.44. The molecule has 1 saturated carbocycles. The van der Waals surface area contributed by atoms with Gasteiger partial charge in [0.1, 0.15) is 11.5 Å². The average molecular weight is 333 g/mol. The molecular weight excluding hydrogens is 306 g/mol. The third-order valence-electron chi connectivity index (χ3n) is 5.17. The second kappa shape index (κ2) is 7.43. The molecule has 5 nitrogen and oxygen atoms in total. The van der Waals surface area contributed by atoms with E-state index < -0.39 is 0 Å². The summed E-state index contributed by atoms with van der Waals surface area (Å²) in [7, 11) is 1.60. The van der Waals surface area contributed by atoms with Crippen LogP contribution in [0.5, 0.6) is 11.5 Å². The highest BCUT2D eigenvalue weighted by atomic mass is 16.5. The standard InChI is InChI=1S/C19H27NO4/c1-23-16-4-2-5-17(10-16)24-12-18(22)20-9-3-8-19(13-20,14-21)11-15-6-7-15/h2,4-5,10,15,21H,3,6-9,11-14H2,1H3/t19-/m1/s1. The number of amides is 1. The number of aliphatic hydroxyl groups is 1. The minimum Gasteiger partial charge on any atom is -0.497 e. The number of hydrogen-bond donors (Lipinski definition) is 1. The quantitative estimate of drug-likeness (QED) is 0.833. The number of hydrogen-bond acceptors (Lipinski definition) is 4. The summed E-state index contributed by atoms with van der Waals surface area (Å²) in [4.78, 5) is 14.4. The van der Waals surface area contributed by atoms with Gasteiger partial charge in [0, 0.05) is 24.6 Å². The third kappa shape index (κ3) is 4.20. The van der Waals surface area contributed by atoms with Crippen molar-refractivity contribution < 1.29 is 19.4 Å². The molecule has 1 aliphatic carbocycles. The number of rotatable bonds is 7. The van der Waals surface area contributed by atoms with Crippen molar-refractivity contribution in [2.24, 2.45) is 11.3 Å². The normalized spacial score (nSPS) is 23.8. The summed E-state index contributed by atoms with van der Waals surface area (Å²) >= 11 is 0. The van der Waals surface area contributed by atoms with Gasteiger partial charge in [-0.2, -0.15) is 0 Å². The van der Waals surface area contributed by atoms with Crippen LogP contribution in [0, 0.1) is 11.3 Å². The molecule has 2 fully saturated rings. The lowest BCUT2D eigenvalue weighted by Gasteiger charge is -2.42. The summed E-state index contributed by atoms with van der Waals surface area (Å²) in [5.74, 6) is 2.08. The molecule has 24 heavy (non-hydrogen) atoms. The maximum absolute atomic E-state index is 12.5. The van der Waals surface area contributed by atoms with E-state index in [1.54, 1.807) is 13.2 Å². The zero-order chi connectivity index (χ0) is 17.0. The van der Waals surface area contributed by atoms with Crippen molar-refractivity contribution in [1.29, 1.82) is 0 Å². The topological polar surface area (TPSA) is 59.0 Å². The van der Waals surface area contributed by atoms with E-state index >= 15 is 0 Å². The second-order valence-corrected chi connectivity index (χ2v) is 7.19. The van der Waals surface area contributed by atoms with Crippen LogP contribution in [0.25, 0.3) is 0 Å². The van der Waals surface area contributed by atoms with Crippen molar-refractivity contribution in [3.8, 4) is 11.5 Å². The fraction of sp³-hybridized carbons (Fsp3) is 0.632. The second-order valence-electron chi connectivity index (χ2n) is 7.19. The lowest BCUT2D eigenvalue weighted by Crippen LogP contribution is -2.49. The molecule has 0 bridgehead atoms. The zero-order valence-corrected chi connectivity index (χ0v) is 14.4. The summed E-state index contributed by atoms with van der Waals surface area (Å²) in [6.07, 6.45) is 5.56. The number of nitrogens with zero attached hydrogens (tertiary/aromatic N) is 1. The van der Waals surface area contributed by atoms with Crippen LogP contribution < -0.4 is 9.47 Å². The van der Waals surface area contributed by atoms with Crippen molar-refractivity contribution >= 4 is 5.91 Å². The number of aliphatic hydroxyl groups excluding tert-OH is 1. The number of methoxy groups -OCH3 is 1. The van der Waals surface area contributed by atoms with Crippen LogP contribution in [0.4, 0.5) is 0 Å². The van der Waals surface area contributed by atoms with Crippen LogP contribution in [0.1, 0.15) is 32.1 Å². The Hall–Kier alpha value is -1.75. The number of carbonyl (C=O) groups is 1. The molecule has 1 saturated heterocycles. The van der Waals surface area contributed by atoms with Gasteiger partial charge in [-0.25, -0.2) is 0 Å². The van der Waals surface area contributed by atoms with Gasteiger partial charge in [0.25, 0.3) is 5.91 Å². The van der Waals surface area contributed by atoms with E-state index in [4.69, 9.17) is 9.47 Å². The van der Waals surface area contributed by atoms with Gasteiger partial charge in [-0.15, -0.1) is 0 Å². The fourth-order valence-electron chi connectivity index (χ4n) is 3.64. The van der Waals surface area contributed by atoms with Crippen molar-refractivity contribution in [3.63, 3.8) is 0 Å². The molecule has 1 aromatic carbocycles. The molecule has 3 rings (SSSR count). The molecule has 0 unspecified atom stereocenters. The Kier molecular flexibility index (Phi) is 5.29. The molecule has 0 aromatic heterocycles. The van der Waals surface area contributed by atoms with Gasteiger partial charge < -0.3 is 19.5 Å². The first-order valence-electron chi connectivity index (χ1n) is 8.80. The highest BCUT2D eigenvalue weighted by Gasteiger charge is 2.40. The summed E-state index contributed by atoms with van der Waals surface area (Å²) in [5.41, 5.74) is -0.106. The molecule has 1 heterocycles. The number of benzene rings is 1. The molecule has 0 radical (unpaired) electrons. The van der Waals surface area contributed by atoms with Gasteiger partial charge >= 0.3 is 0 Å². The Balaban J connectivity index is 1.55. The highest BCUT2D eigenvalue weighted by molar-refractivity contribution is 5.78. The molecule has 2 aliphatic rings. The summed E-state index contributed by atoms with van der Waals surface area (Å²) < 4.78 is 10.8. The van der Waals surface area contributed by atoms with E-state index in [1.165, 1.54) is 12.8 Å². The summed E-state index contributed by atoms with van der Waals surface area (Å²) in [6.45, 7) is 1.61. The minimum absolute atomic E-state index is 0.00820. The van der Waals surface area contributed by atoms with Gasteiger partial charge in [0.05, 0.1) is 13.7 Å². The first-order chi connectivity index (χ1) is 11.6. The van der Waals surface area contributed by atoms with E-state index in [1.807, 2.05) is 23.1 Å². The van der Waals surface area contributed by atoms with Crippen molar-refractivity contribution in [2.45, 2.75) is 32.1 Å². The number of likely N-dealkylation sites (tertiary alicyclic amines) is 1. The Morgan fingerprint density at radius 1 is 1.38 bits per heavy atom. The van der Waals surface area contributed by atoms with Gasteiger partial charge in [-0.1, -0.05) is 18.9 Å². The smallest absolute Gasteiger partial charge is 0.260 e. The van der Waals surface area contributed by atoms with Gasteiger partial charge in [-0.3, -0.25) is 4.79 Å². The van der Waals surface area contributed by atoms with Crippen LogP contribution in [0.2, 0.25) is 0 Å². The van der Waals surface area contributed by atoms with Crippen molar-refractivity contribution in [3.05, 3.63) is 24.3 Å². The van der Waals surface area contributed by atoms with Crippen molar-refractivity contribution in [1.82, 2.24) is 4.90 Å². The lowest BCUT2D eigenvalue weighted by atomic mass is 9.76. The minimum atomic E-state index is -0.106. The number of ether oxygens (including phenoxy) is 2. The van der Waals surface area contributed by atoms with Crippen LogP contribution in [0.3, 0.4) is 0 Å². The molecule has 1 amide bonds. The van der Waals surface area contributed by atoms with Crippen molar-refractivity contribution in [2.75, 3.05) is 33.4 Å². The number of carbonyl (C=O) groups excluding carboxylic acids is 1. The first kappa shape index (κ1) is 17.1. The molecule has 0 spiro atoms. The Labute approximate surface area is 143 Å². The van der Waals surface area contributed by atoms with Gasteiger partial charge in [-0.05, 0) is 37.3 Å². The number of piperidine rings is 1. The van der Waals surface area contributed by atoms with Crippen LogP contribution >= 0.6 is 0 Å². The molecular formula is C19H27NO4. The van der Waals surface area contributed by atoms with E-state index in [9.17, 15) is 9.90 Å². The van der Waals surface area contributed by atoms with Gasteiger partial charge in [0.15, 0.2) is 6.61 Å². The molecule has 1 N–H and O–H groups in total. The average Bonchev–Trinajstić information content (AvgIpc) is 3.43. The molecule has 1 atom stereocenters. The van der Waals surface area contributed by atoms with Crippen LogP contribution in [-0.4, -0.2) is 49.3 Å². The summed E-state index contributed by atoms with van der Waals surface area (Å²) in [6, 6.07) is 7.27. The largest absolute Gasteiger partial charge is 0.497 e. The Bertz CT molecular complexity index is 572. The maximum Gasteiger partial charge on any atom is 0.260 e. The molecule has 1 aliphatic heterocycles. The predicted octanol–water partition coefficient (Wildman–Crippen LogP) is 2.48. The van der Waals surface area contributed by atoms with E-state index in [0.29, 0.717) is 18.0 Å². The van der Waals surface area contributed by atoms with E-state index in [2.05, 4.69) is 0 Å². The van der Waals surface area contributed by atoms with E-state index in [0.717, 1.165) is 31.7 Å². The third-order valence-corrected chi connectivity index (χ3v) is 5.17. The SMILES string of the molecule is COc1cccc(OCC(=O)N2CCC[C@@](CO)(CC3CC3)C2)c1. The molecule has 132 valence electrons. The summed E-state index contributed by atoms with van der Waals surface area (Å²) in [5, 5.41) is 9.90. The lowest BCUT2D eigenvalue weighted by molar-refractivity contribution is -0.138. The van der Waals surface area contributed by atoms with Gasteiger partial charge in [0.2, 0.25) is 0 Å². The Morgan fingerprint density at radius 3 is 2.88 bits per heavy atom. The monoisotopic (exact) mass is 333 g/mol. The molecule has 1 aromatic rings. The Morgan fingerprint density at radius 2 is 2.17 bits per heavy atom. The fourth-order valence-corrected chi connectivity index (χ4v) is 3.64. The van der Waals surface area contributed by atoms with Crippen LogP contribution in [-0.2, 0) is 4.79 Å². The predicted molar refractivity (Wildman–Crippen MR) is 91.2 cm³/mol. The zero-order valence-electron chi connectivity index (χ0n) is 14.4. The van der Waals surface area contributed by atoms with Crippen LogP contribution in [0.15, 0.2) is 24.3 Å².